The van der Waals surface area contributed by atoms with Crippen LogP contribution in [-0.4, -0.2) is 32.2 Å². The zero-order chi connectivity index (χ0) is 19.3. The number of amides is 1. The summed E-state index contributed by atoms with van der Waals surface area (Å²) in [5.74, 6) is -0.335. The summed E-state index contributed by atoms with van der Waals surface area (Å²) in [5.41, 5.74) is 0.599. The summed E-state index contributed by atoms with van der Waals surface area (Å²) in [4.78, 5) is 24.5. The summed E-state index contributed by atoms with van der Waals surface area (Å²) >= 11 is 11.8. The van der Waals surface area contributed by atoms with E-state index >= 15 is 0 Å². The van der Waals surface area contributed by atoms with Gasteiger partial charge in [0, 0.05) is 5.02 Å². The maximum absolute atomic E-state index is 12.2. The normalized spacial score (nSPS) is 11.4. The standard InChI is InChI=1S/C18H17Cl2NO5/c1-10(17(22)21-14-6-5-12(19)9-13(14)20)26-18(23)11-4-7-15(24-2)16(8-11)25-3/h4-10H,1-3H3,(H,21,22)/t10-/m1/s1. The third-order valence-electron chi connectivity index (χ3n) is 3.46. The fourth-order valence-electron chi connectivity index (χ4n) is 2.07. The van der Waals surface area contributed by atoms with Crippen molar-refractivity contribution in [2.75, 3.05) is 19.5 Å². The summed E-state index contributed by atoms with van der Waals surface area (Å²) in [6.45, 7) is 1.46. The van der Waals surface area contributed by atoms with Crippen LogP contribution in [0.1, 0.15) is 17.3 Å². The van der Waals surface area contributed by atoms with E-state index in [1.807, 2.05) is 0 Å². The van der Waals surface area contributed by atoms with Gasteiger partial charge in [0.2, 0.25) is 0 Å². The Morgan fingerprint density at radius 3 is 2.31 bits per heavy atom. The van der Waals surface area contributed by atoms with Gasteiger partial charge in [-0.15, -0.1) is 0 Å². The SMILES string of the molecule is COc1ccc(C(=O)O[C@H](C)C(=O)Nc2ccc(Cl)cc2Cl)cc1OC. The zero-order valence-electron chi connectivity index (χ0n) is 14.3. The van der Waals surface area contributed by atoms with Crippen molar-refractivity contribution in [3.8, 4) is 11.5 Å². The van der Waals surface area contributed by atoms with Gasteiger partial charge in [-0.25, -0.2) is 4.79 Å². The number of anilines is 1. The number of methoxy groups -OCH3 is 2. The highest BCUT2D eigenvalue weighted by Gasteiger charge is 2.21. The minimum absolute atomic E-state index is 0.229. The van der Waals surface area contributed by atoms with Gasteiger partial charge in [0.05, 0.1) is 30.5 Å². The van der Waals surface area contributed by atoms with Crippen LogP contribution in [0.4, 0.5) is 5.69 Å². The van der Waals surface area contributed by atoms with Crippen molar-refractivity contribution in [3.05, 3.63) is 52.0 Å². The minimum Gasteiger partial charge on any atom is -0.493 e. The van der Waals surface area contributed by atoms with Crippen LogP contribution in [-0.2, 0) is 9.53 Å². The van der Waals surface area contributed by atoms with E-state index in [1.165, 1.54) is 39.3 Å². The van der Waals surface area contributed by atoms with E-state index in [9.17, 15) is 9.59 Å². The van der Waals surface area contributed by atoms with Gasteiger partial charge in [0.1, 0.15) is 0 Å². The molecule has 8 heteroatoms. The number of carbonyl (C=O) groups excluding carboxylic acids is 2. The number of ether oxygens (including phenoxy) is 3. The molecule has 0 heterocycles. The Labute approximate surface area is 160 Å². The molecule has 0 saturated heterocycles. The largest absolute Gasteiger partial charge is 0.493 e. The maximum Gasteiger partial charge on any atom is 0.339 e. The molecule has 0 aliphatic rings. The number of hydrogen-bond acceptors (Lipinski definition) is 5. The van der Waals surface area contributed by atoms with Gasteiger partial charge in [-0.1, -0.05) is 23.2 Å². The van der Waals surface area contributed by atoms with E-state index in [1.54, 1.807) is 18.2 Å². The molecule has 6 nitrogen and oxygen atoms in total. The van der Waals surface area contributed by atoms with Crippen molar-refractivity contribution in [2.45, 2.75) is 13.0 Å². The molecule has 0 aliphatic carbocycles. The van der Waals surface area contributed by atoms with Crippen molar-refractivity contribution in [2.24, 2.45) is 0 Å². The van der Waals surface area contributed by atoms with Gasteiger partial charge < -0.3 is 19.5 Å². The molecule has 0 fully saturated rings. The number of benzene rings is 2. The van der Waals surface area contributed by atoms with Crippen LogP contribution in [0.25, 0.3) is 0 Å². The third kappa shape index (κ3) is 4.80. The molecule has 1 N–H and O–H groups in total. The molecular formula is C18H17Cl2NO5. The van der Waals surface area contributed by atoms with Crippen LogP contribution in [0.15, 0.2) is 36.4 Å². The Balaban J connectivity index is 2.05. The van der Waals surface area contributed by atoms with Crippen molar-refractivity contribution in [1.29, 1.82) is 0 Å². The Morgan fingerprint density at radius 2 is 1.69 bits per heavy atom. The second-order valence-corrected chi connectivity index (χ2v) is 6.07. The van der Waals surface area contributed by atoms with Crippen LogP contribution in [0.5, 0.6) is 11.5 Å². The molecular weight excluding hydrogens is 381 g/mol. The number of nitrogens with one attached hydrogen (secondary N) is 1. The molecule has 1 amide bonds. The average molecular weight is 398 g/mol. The van der Waals surface area contributed by atoms with Gasteiger partial charge >= 0.3 is 5.97 Å². The Hall–Kier alpha value is -2.44. The average Bonchev–Trinajstić information content (AvgIpc) is 2.63. The van der Waals surface area contributed by atoms with Crippen molar-refractivity contribution < 1.29 is 23.8 Å². The lowest BCUT2D eigenvalue weighted by Gasteiger charge is -2.15. The highest BCUT2D eigenvalue weighted by molar-refractivity contribution is 6.36. The van der Waals surface area contributed by atoms with Crippen LogP contribution in [0, 0.1) is 0 Å². The molecule has 1 atom stereocenters. The lowest BCUT2D eigenvalue weighted by molar-refractivity contribution is -0.123. The summed E-state index contributed by atoms with van der Waals surface area (Å²) in [7, 11) is 2.95. The molecule has 0 spiro atoms. The van der Waals surface area contributed by atoms with E-state index in [0.717, 1.165) is 0 Å². The molecule has 0 saturated carbocycles. The van der Waals surface area contributed by atoms with Crippen LogP contribution in [0.3, 0.4) is 0 Å². The van der Waals surface area contributed by atoms with Crippen molar-refractivity contribution in [3.63, 3.8) is 0 Å². The molecule has 2 rings (SSSR count). The lowest BCUT2D eigenvalue weighted by Crippen LogP contribution is -2.30. The summed E-state index contributed by atoms with van der Waals surface area (Å²) in [5, 5.41) is 3.31. The van der Waals surface area contributed by atoms with Gasteiger partial charge in [-0.2, -0.15) is 0 Å². The maximum atomic E-state index is 12.2. The molecule has 0 aliphatic heterocycles. The first-order chi connectivity index (χ1) is 12.3. The van der Waals surface area contributed by atoms with E-state index in [4.69, 9.17) is 37.4 Å². The molecule has 0 unspecified atom stereocenters. The molecule has 2 aromatic carbocycles. The highest BCUT2D eigenvalue weighted by Crippen LogP contribution is 2.28. The molecule has 0 aromatic heterocycles. The van der Waals surface area contributed by atoms with Gasteiger partial charge in [0.15, 0.2) is 17.6 Å². The lowest BCUT2D eigenvalue weighted by atomic mass is 10.2. The quantitative estimate of drug-likeness (QED) is 0.739. The number of rotatable bonds is 6. The second-order valence-electron chi connectivity index (χ2n) is 5.23. The number of carbonyl (C=O) groups is 2. The van der Waals surface area contributed by atoms with Crippen molar-refractivity contribution in [1.82, 2.24) is 0 Å². The Bertz CT molecular complexity index is 825. The van der Waals surface area contributed by atoms with E-state index in [-0.39, 0.29) is 10.6 Å². The van der Waals surface area contributed by atoms with E-state index < -0.39 is 18.0 Å². The Morgan fingerprint density at radius 1 is 1.00 bits per heavy atom. The fourth-order valence-corrected chi connectivity index (χ4v) is 2.53. The van der Waals surface area contributed by atoms with E-state index in [2.05, 4.69) is 5.32 Å². The smallest absolute Gasteiger partial charge is 0.339 e. The number of esters is 1. The topological polar surface area (TPSA) is 73.9 Å². The van der Waals surface area contributed by atoms with Gasteiger partial charge in [0.25, 0.3) is 5.91 Å². The van der Waals surface area contributed by atoms with Gasteiger partial charge in [-0.3, -0.25) is 4.79 Å². The zero-order valence-corrected chi connectivity index (χ0v) is 15.9. The van der Waals surface area contributed by atoms with Crippen LogP contribution < -0.4 is 14.8 Å². The van der Waals surface area contributed by atoms with Gasteiger partial charge in [-0.05, 0) is 43.3 Å². The predicted molar refractivity (Wildman–Crippen MR) is 99.5 cm³/mol. The molecule has 0 radical (unpaired) electrons. The molecule has 138 valence electrons. The molecule has 2 aromatic rings. The van der Waals surface area contributed by atoms with E-state index in [0.29, 0.717) is 22.2 Å². The summed E-state index contributed by atoms with van der Waals surface area (Å²) in [6.07, 6.45) is -1.04. The Kier molecular flexibility index (Phi) is 6.71. The monoisotopic (exact) mass is 397 g/mol. The number of hydrogen-bond donors (Lipinski definition) is 1. The predicted octanol–water partition coefficient (Wildman–Crippen LogP) is 4.19. The molecule has 0 bridgehead atoms. The van der Waals surface area contributed by atoms with Crippen LogP contribution in [0.2, 0.25) is 10.0 Å². The third-order valence-corrected chi connectivity index (χ3v) is 4.01. The highest BCUT2D eigenvalue weighted by atomic mass is 35.5. The summed E-state index contributed by atoms with van der Waals surface area (Å²) < 4.78 is 15.4. The van der Waals surface area contributed by atoms with Crippen molar-refractivity contribution >= 4 is 40.8 Å². The first-order valence-electron chi connectivity index (χ1n) is 7.54. The second kappa shape index (κ2) is 8.78. The summed E-state index contributed by atoms with van der Waals surface area (Å²) in [6, 6.07) is 9.22. The first-order valence-corrected chi connectivity index (χ1v) is 8.30. The minimum atomic E-state index is -1.04. The first kappa shape index (κ1) is 19.9. The fraction of sp³-hybridized carbons (Fsp3) is 0.222. The number of halogens is 2. The van der Waals surface area contributed by atoms with Crippen LogP contribution >= 0.6 is 23.2 Å². The molecule has 26 heavy (non-hydrogen) atoms.